The van der Waals surface area contributed by atoms with Gasteiger partial charge in [-0.1, -0.05) is 6.07 Å². The standard InChI is InChI=1S/C18H21ClN4O6/c19-17-20-16(23(27)28)10-21(17)7-5-14(24)11-29-15-4-3-13-9-22(18(25)26)6-1-2-12(13)8-15/h3-4,8,10,14,24H,1-2,5-7,9,11H2,(H,25,26)/t14-/m0/s1. The maximum Gasteiger partial charge on any atom is 0.407 e. The maximum atomic E-state index is 11.2. The van der Waals surface area contributed by atoms with Gasteiger partial charge in [0.2, 0.25) is 0 Å². The van der Waals surface area contributed by atoms with Gasteiger partial charge in [-0.15, -0.1) is 0 Å². The number of hydrogen-bond acceptors (Lipinski definition) is 6. The molecule has 10 nitrogen and oxygen atoms in total. The van der Waals surface area contributed by atoms with E-state index in [9.17, 15) is 25.1 Å². The Morgan fingerprint density at radius 2 is 2.21 bits per heavy atom. The summed E-state index contributed by atoms with van der Waals surface area (Å²) in [6.07, 6.45) is 1.28. The first-order valence-electron chi connectivity index (χ1n) is 9.11. The molecule has 29 heavy (non-hydrogen) atoms. The highest BCUT2D eigenvalue weighted by Crippen LogP contribution is 2.24. The topological polar surface area (TPSA) is 131 Å². The van der Waals surface area contributed by atoms with E-state index in [2.05, 4.69) is 4.98 Å². The average molecular weight is 425 g/mol. The van der Waals surface area contributed by atoms with E-state index in [1.165, 1.54) is 15.7 Å². The van der Waals surface area contributed by atoms with Crippen molar-refractivity contribution in [1.29, 1.82) is 0 Å². The number of carboxylic acid groups (broad SMARTS) is 1. The van der Waals surface area contributed by atoms with E-state index in [1.807, 2.05) is 12.1 Å². The second-order valence-electron chi connectivity index (χ2n) is 6.81. The van der Waals surface area contributed by atoms with Crippen LogP contribution >= 0.6 is 11.6 Å². The number of aliphatic hydroxyl groups is 1. The maximum absolute atomic E-state index is 11.2. The van der Waals surface area contributed by atoms with Crippen LogP contribution in [0.4, 0.5) is 10.6 Å². The van der Waals surface area contributed by atoms with Crippen molar-refractivity contribution in [3.05, 3.63) is 50.9 Å². The molecule has 0 unspecified atom stereocenters. The normalized spacial score (nSPS) is 14.8. The van der Waals surface area contributed by atoms with Crippen LogP contribution in [0.25, 0.3) is 0 Å². The summed E-state index contributed by atoms with van der Waals surface area (Å²) >= 11 is 5.85. The summed E-state index contributed by atoms with van der Waals surface area (Å²) in [7, 11) is 0. The number of benzene rings is 1. The highest BCUT2D eigenvalue weighted by atomic mass is 35.5. The van der Waals surface area contributed by atoms with E-state index >= 15 is 0 Å². The zero-order valence-electron chi connectivity index (χ0n) is 15.5. The molecule has 156 valence electrons. The molecule has 0 fully saturated rings. The molecule has 1 aliphatic rings. The Morgan fingerprint density at radius 3 is 2.90 bits per heavy atom. The fourth-order valence-electron chi connectivity index (χ4n) is 3.18. The highest BCUT2D eigenvalue weighted by molar-refractivity contribution is 6.28. The Balaban J connectivity index is 1.53. The largest absolute Gasteiger partial charge is 0.491 e. The van der Waals surface area contributed by atoms with Gasteiger partial charge in [0, 0.05) is 19.6 Å². The molecule has 0 saturated heterocycles. The zero-order chi connectivity index (χ0) is 21.0. The summed E-state index contributed by atoms with van der Waals surface area (Å²) in [5.41, 5.74) is 1.99. The lowest BCUT2D eigenvalue weighted by molar-refractivity contribution is -0.389. The molecule has 11 heteroatoms. The van der Waals surface area contributed by atoms with Crippen molar-refractivity contribution in [1.82, 2.24) is 14.5 Å². The van der Waals surface area contributed by atoms with Gasteiger partial charge in [0.15, 0.2) is 0 Å². The molecular formula is C18H21ClN4O6. The van der Waals surface area contributed by atoms with Gasteiger partial charge in [-0.3, -0.25) is 4.57 Å². The number of imidazole rings is 1. The van der Waals surface area contributed by atoms with Gasteiger partial charge in [-0.2, -0.15) is 0 Å². The zero-order valence-corrected chi connectivity index (χ0v) is 16.3. The van der Waals surface area contributed by atoms with E-state index in [-0.39, 0.29) is 30.7 Å². The van der Waals surface area contributed by atoms with E-state index in [1.54, 1.807) is 6.07 Å². The summed E-state index contributed by atoms with van der Waals surface area (Å²) in [6, 6.07) is 5.49. The fraction of sp³-hybridized carbons (Fsp3) is 0.444. The first kappa shape index (κ1) is 20.9. The van der Waals surface area contributed by atoms with Crippen molar-refractivity contribution in [3.8, 4) is 5.75 Å². The van der Waals surface area contributed by atoms with Crippen molar-refractivity contribution in [2.24, 2.45) is 0 Å². The summed E-state index contributed by atoms with van der Waals surface area (Å²) in [6.45, 7) is 1.16. The molecule has 0 radical (unpaired) electrons. The first-order chi connectivity index (χ1) is 13.8. The number of fused-ring (bicyclic) bond motifs is 1. The Kier molecular flexibility index (Phi) is 6.55. The molecule has 2 heterocycles. The van der Waals surface area contributed by atoms with Gasteiger partial charge in [-0.25, -0.2) is 4.79 Å². The molecule has 1 aliphatic heterocycles. The van der Waals surface area contributed by atoms with Crippen LogP contribution in [-0.4, -0.2) is 54.9 Å². The van der Waals surface area contributed by atoms with Gasteiger partial charge in [-0.05, 0) is 64.0 Å². The lowest BCUT2D eigenvalue weighted by Crippen LogP contribution is -2.28. The SMILES string of the molecule is O=C(O)N1CCCc2cc(OC[C@@H](O)CCn3cc([N+](=O)[O-])nc3Cl)ccc2C1. The molecule has 0 saturated carbocycles. The average Bonchev–Trinajstić information content (AvgIpc) is 2.92. The highest BCUT2D eigenvalue weighted by Gasteiger charge is 2.19. The minimum Gasteiger partial charge on any atom is -0.491 e. The van der Waals surface area contributed by atoms with E-state index < -0.39 is 17.1 Å². The number of aromatic nitrogens is 2. The Hall–Kier alpha value is -2.85. The minimum atomic E-state index is -0.926. The number of rotatable bonds is 7. The summed E-state index contributed by atoms with van der Waals surface area (Å²) in [4.78, 5) is 26.3. The molecule has 0 bridgehead atoms. The van der Waals surface area contributed by atoms with Crippen molar-refractivity contribution in [3.63, 3.8) is 0 Å². The fourth-order valence-corrected chi connectivity index (χ4v) is 3.40. The molecule has 2 N–H and O–H groups in total. The van der Waals surface area contributed by atoms with Crippen molar-refractivity contribution < 1.29 is 24.7 Å². The number of ether oxygens (including phenoxy) is 1. The van der Waals surface area contributed by atoms with Crippen LogP contribution in [0.3, 0.4) is 0 Å². The molecule has 1 atom stereocenters. The molecular weight excluding hydrogens is 404 g/mol. The van der Waals surface area contributed by atoms with Gasteiger partial charge in [0.25, 0.3) is 0 Å². The number of nitrogens with zero attached hydrogens (tertiary/aromatic N) is 4. The molecule has 0 spiro atoms. The van der Waals surface area contributed by atoms with Gasteiger partial charge in [0.1, 0.15) is 18.6 Å². The molecule has 2 aromatic rings. The van der Waals surface area contributed by atoms with Crippen LogP contribution in [0, 0.1) is 10.1 Å². The van der Waals surface area contributed by atoms with Crippen LogP contribution in [0.5, 0.6) is 5.75 Å². The Bertz CT molecular complexity index is 902. The van der Waals surface area contributed by atoms with E-state index in [0.717, 1.165) is 24.0 Å². The van der Waals surface area contributed by atoms with E-state index in [0.29, 0.717) is 18.8 Å². The van der Waals surface area contributed by atoms with Crippen LogP contribution in [0.15, 0.2) is 24.4 Å². The molecule has 1 aromatic carbocycles. The third-order valence-corrected chi connectivity index (χ3v) is 5.03. The molecule has 0 aliphatic carbocycles. The summed E-state index contributed by atoms with van der Waals surface area (Å²) in [5, 5.41) is 30.0. The number of hydrogen-bond donors (Lipinski definition) is 2. The van der Waals surface area contributed by atoms with Crippen molar-refractivity contribution in [2.75, 3.05) is 13.2 Å². The number of halogens is 1. The predicted molar refractivity (Wildman–Crippen MR) is 103 cm³/mol. The second kappa shape index (κ2) is 9.10. The number of carbonyl (C=O) groups is 1. The van der Waals surface area contributed by atoms with Crippen LogP contribution < -0.4 is 4.74 Å². The quantitative estimate of drug-likeness (QED) is 0.516. The number of nitro groups is 1. The summed E-state index contributed by atoms with van der Waals surface area (Å²) < 4.78 is 7.07. The van der Waals surface area contributed by atoms with Gasteiger partial charge >= 0.3 is 17.2 Å². The van der Waals surface area contributed by atoms with Gasteiger partial charge in [0.05, 0.1) is 6.10 Å². The lowest BCUT2D eigenvalue weighted by atomic mass is 10.0. The molecule has 1 aromatic heterocycles. The number of amides is 1. The lowest BCUT2D eigenvalue weighted by Gasteiger charge is -2.17. The smallest absolute Gasteiger partial charge is 0.407 e. The van der Waals surface area contributed by atoms with Crippen molar-refractivity contribution >= 4 is 23.5 Å². The van der Waals surface area contributed by atoms with Crippen LogP contribution in [-0.2, 0) is 19.5 Å². The predicted octanol–water partition coefficient (Wildman–Crippen LogP) is 2.70. The first-order valence-corrected chi connectivity index (χ1v) is 9.49. The van der Waals surface area contributed by atoms with Gasteiger partial charge < -0.3 is 30.0 Å². The Labute approximate surface area is 171 Å². The number of aliphatic hydroxyl groups excluding tert-OH is 1. The minimum absolute atomic E-state index is 0.00836. The second-order valence-corrected chi connectivity index (χ2v) is 7.15. The molecule has 1 amide bonds. The third-order valence-electron chi connectivity index (χ3n) is 4.73. The van der Waals surface area contributed by atoms with E-state index in [4.69, 9.17) is 16.3 Å². The monoisotopic (exact) mass is 424 g/mol. The molecule has 3 rings (SSSR count). The summed E-state index contributed by atoms with van der Waals surface area (Å²) in [5.74, 6) is 0.259. The van der Waals surface area contributed by atoms with Crippen LogP contribution in [0.1, 0.15) is 24.0 Å². The van der Waals surface area contributed by atoms with Crippen LogP contribution in [0.2, 0.25) is 5.28 Å². The number of aryl methyl sites for hydroxylation is 2. The third kappa shape index (κ3) is 5.36. The van der Waals surface area contributed by atoms with Crippen molar-refractivity contribution in [2.45, 2.75) is 38.5 Å². The Morgan fingerprint density at radius 1 is 1.41 bits per heavy atom.